The lowest BCUT2D eigenvalue weighted by atomic mass is 10.1. The van der Waals surface area contributed by atoms with E-state index in [4.69, 9.17) is 11.6 Å². The second-order valence-electron chi connectivity index (χ2n) is 6.68. The summed E-state index contributed by atoms with van der Waals surface area (Å²) in [7, 11) is -3.76. The SMILES string of the molecule is O=c1ccc(-c2ccc(Cl)c(S(=O)(=O)N3CCN(c4ccccc4)CC3)c2)n[nH]1. The first-order chi connectivity index (χ1) is 13.9. The number of H-pyrrole nitrogens is 1. The summed E-state index contributed by atoms with van der Waals surface area (Å²) in [4.78, 5) is 13.4. The molecule has 1 aliphatic heterocycles. The molecule has 2 aromatic carbocycles. The number of benzene rings is 2. The minimum atomic E-state index is -3.76. The highest BCUT2D eigenvalue weighted by atomic mass is 35.5. The van der Waals surface area contributed by atoms with Crippen LogP contribution < -0.4 is 10.5 Å². The van der Waals surface area contributed by atoms with E-state index < -0.39 is 10.0 Å². The predicted octanol–water partition coefficient (Wildman–Crippen LogP) is 2.60. The van der Waals surface area contributed by atoms with Crippen molar-refractivity contribution >= 4 is 27.3 Å². The molecule has 1 aromatic heterocycles. The van der Waals surface area contributed by atoms with Gasteiger partial charge >= 0.3 is 0 Å². The minimum absolute atomic E-state index is 0.0397. The number of anilines is 1. The highest BCUT2D eigenvalue weighted by molar-refractivity contribution is 7.89. The van der Waals surface area contributed by atoms with Gasteiger partial charge in [-0.25, -0.2) is 13.5 Å². The highest BCUT2D eigenvalue weighted by Gasteiger charge is 2.30. The molecule has 1 N–H and O–H groups in total. The second-order valence-corrected chi connectivity index (χ2v) is 8.99. The van der Waals surface area contributed by atoms with Crippen LogP contribution in [0.4, 0.5) is 5.69 Å². The van der Waals surface area contributed by atoms with Crippen LogP contribution in [0.3, 0.4) is 0 Å². The van der Waals surface area contributed by atoms with Gasteiger partial charge < -0.3 is 4.90 Å². The summed E-state index contributed by atoms with van der Waals surface area (Å²) in [6.45, 7) is 1.94. The number of para-hydroxylation sites is 1. The fourth-order valence-corrected chi connectivity index (χ4v) is 5.25. The van der Waals surface area contributed by atoms with E-state index in [1.54, 1.807) is 6.07 Å². The lowest BCUT2D eigenvalue weighted by molar-refractivity contribution is 0.385. The van der Waals surface area contributed by atoms with Gasteiger partial charge in [0.25, 0.3) is 5.56 Å². The van der Waals surface area contributed by atoms with Crippen molar-refractivity contribution in [2.24, 2.45) is 0 Å². The van der Waals surface area contributed by atoms with Crippen LogP contribution >= 0.6 is 11.6 Å². The number of hydrogen-bond acceptors (Lipinski definition) is 5. The van der Waals surface area contributed by atoms with Crippen LogP contribution in [0.1, 0.15) is 0 Å². The van der Waals surface area contributed by atoms with Gasteiger partial charge in [-0.1, -0.05) is 35.9 Å². The highest BCUT2D eigenvalue weighted by Crippen LogP contribution is 2.30. The number of rotatable bonds is 4. The Morgan fingerprint density at radius 3 is 2.31 bits per heavy atom. The molecular formula is C20H19ClN4O3S. The molecule has 7 nitrogen and oxygen atoms in total. The van der Waals surface area contributed by atoms with Crippen LogP contribution in [-0.4, -0.2) is 49.1 Å². The van der Waals surface area contributed by atoms with Crippen molar-refractivity contribution in [2.45, 2.75) is 4.90 Å². The predicted molar refractivity (Wildman–Crippen MR) is 113 cm³/mol. The Labute approximate surface area is 173 Å². The fraction of sp³-hybridized carbons (Fsp3) is 0.200. The Hall–Kier alpha value is -2.68. The van der Waals surface area contributed by atoms with Gasteiger partial charge in [0.1, 0.15) is 4.90 Å². The zero-order valence-electron chi connectivity index (χ0n) is 15.5. The molecule has 1 saturated heterocycles. The fourth-order valence-electron chi connectivity index (χ4n) is 3.33. The molecule has 0 unspecified atom stereocenters. The first-order valence-electron chi connectivity index (χ1n) is 9.11. The first-order valence-corrected chi connectivity index (χ1v) is 10.9. The van der Waals surface area contributed by atoms with Gasteiger partial charge in [-0.05, 0) is 30.3 Å². The normalized spacial score (nSPS) is 15.4. The quantitative estimate of drug-likeness (QED) is 0.687. The summed E-state index contributed by atoms with van der Waals surface area (Å²) in [5, 5.41) is 6.47. The molecule has 29 heavy (non-hydrogen) atoms. The van der Waals surface area contributed by atoms with E-state index in [2.05, 4.69) is 15.1 Å². The van der Waals surface area contributed by atoms with E-state index in [1.807, 2.05) is 30.3 Å². The standard InChI is InChI=1S/C20H19ClN4O3S/c21-17-7-6-15(18-8-9-20(26)23-22-18)14-19(17)29(27,28)25-12-10-24(11-13-25)16-4-2-1-3-5-16/h1-9,14H,10-13H2,(H,23,26). The van der Waals surface area contributed by atoms with E-state index in [-0.39, 0.29) is 15.5 Å². The van der Waals surface area contributed by atoms with Crippen LogP contribution in [0.2, 0.25) is 5.02 Å². The van der Waals surface area contributed by atoms with Gasteiger partial charge in [-0.2, -0.15) is 9.40 Å². The van der Waals surface area contributed by atoms with Crippen molar-refractivity contribution in [1.29, 1.82) is 0 Å². The molecule has 0 bridgehead atoms. The Bertz CT molecular complexity index is 1150. The summed E-state index contributed by atoms with van der Waals surface area (Å²) in [6.07, 6.45) is 0. The molecule has 2 heterocycles. The van der Waals surface area contributed by atoms with Crippen LogP contribution in [0.25, 0.3) is 11.3 Å². The zero-order chi connectivity index (χ0) is 20.4. The van der Waals surface area contributed by atoms with E-state index in [9.17, 15) is 13.2 Å². The molecule has 0 atom stereocenters. The molecule has 3 aromatic rings. The molecule has 0 spiro atoms. The average molecular weight is 431 g/mol. The monoisotopic (exact) mass is 430 g/mol. The summed E-state index contributed by atoms with van der Waals surface area (Å²) in [5.41, 5.74) is 1.78. The lowest BCUT2D eigenvalue weighted by Crippen LogP contribution is -2.48. The Morgan fingerprint density at radius 1 is 0.931 bits per heavy atom. The van der Waals surface area contributed by atoms with Gasteiger partial charge in [-0.15, -0.1) is 0 Å². The Kier molecular flexibility index (Phi) is 5.40. The minimum Gasteiger partial charge on any atom is -0.369 e. The van der Waals surface area contributed by atoms with Crippen LogP contribution in [0.15, 0.2) is 70.4 Å². The summed E-state index contributed by atoms with van der Waals surface area (Å²) in [6, 6.07) is 17.5. The van der Waals surface area contributed by atoms with E-state index in [0.717, 1.165) is 5.69 Å². The number of piperazine rings is 1. The number of nitrogens with zero attached hydrogens (tertiary/aromatic N) is 3. The largest absolute Gasteiger partial charge is 0.369 e. The maximum atomic E-state index is 13.2. The molecule has 150 valence electrons. The molecule has 0 aliphatic carbocycles. The van der Waals surface area contributed by atoms with Crippen LogP contribution in [-0.2, 0) is 10.0 Å². The Balaban J connectivity index is 1.58. The number of sulfonamides is 1. The maximum Gasteiger partial charge on any atom is 0.264 e. The third kappa shape index (κ3) is 4.05. The van der Waals surface area contributed by atoms with Gasteiger partial charge in [0, 0.05) is 43.5 Å². The third-order valence-corrected chi connectivity index (χ3v) is 7.26. The van der Waals surface area contributed by atoms with Crippen molar-refractivity contribution < 1.29 is 8.42 Å². The average Bonchev–Trinajstić information content (AvgIpc) is 2.75. The topological polar surface area (TPSA) is 86.4 Å². The number of halogens is 1. The van der Waals surface area contributed by atoms with Crippen molar-refractivity contribution in [3.63, 3.8) is 0 Å². The van der Waals surface area contributed by atoms with Gasteiger partial charge in [0.05, 0.1) is 10.7 Å². The third-order valence-electron chi connectivity index (χ3n) is 4.88. The summed E-state index contributed by atoms with van der Waals surface area (Å²) in [5.74, 6) is 0. The molecule has 0 saturated carbocycles. The zero-order valence-corrected chi connectivity index (χ0v) is 17.0. The first kappa shape index (κ1) is 19.6. The molecule has 4 rings (SSSR count). The number of aromatic amines is 1. The molecule has 9 heteroatoms. The lowest BCUT2D eigenvalue weighted by Gasteiger charge is -2.35. The van der Waals surface area contributed by atoms with E-state index in [0.29, 0.717) is 37.4 Å². The Morgan fingerprint density at radius 2 is 1.66 bits per heavy atom. The maximum absolute atomic E-state index is 13.2. The molecule has 1 aliphatic rings. The molecular weight excluding hydrogens is 412 g/mol. The number of nitrogens with one attached hydrogen (secondary N) is 1. The smallest absolute Gasteiger partial charge is 0.264 e. The molecule has 0 amide bonds. The summed E-state index contributed by atoms with van der Waals surface area (Å²) < 4.78 is 27.9. The van der Waals surface area contributed by atoms with Gasteiger partial charge in [0.2, 0.25) is 10.0 Å². The number of aromatic nitrogens is 2. The van der Waals surface area contributed by atoms with Crippen molar-refractivity contribution in [2.75, 3.05) is 31.1 Å². The number of hydrogen-bond donors (Lipinski definition) is 1. The summed E-state index contributed by atoms with van der Waals surface area (Å²) >= 11 is 6.24. The van der Waals surface area contributed by atoms with Crippen molar-refractivity contribution in [3.8, 4) is 11.3 Å². The molecule has 0 radical (unpaired) electrons. The van der Waals surface area contributed by atoms with Crippen LogP contribution in [0, 0.1) is 0 Å². The van der Waals surface area contributed by atoms with Crippen molar-refractivity contribution in [1.82, 2.24) is 14.5 Å². The van der Waals surface area contributed by atoms with Gasteiger partial charge in [-0.3, -0.25) is 4.79 Å². The molecule has 1 fully saturated rings. The van der Waals surface area contributed by atoms with Crippen LogP contribution in [0.5, 0.6) is 0 Å². The second kappa shape index (κ2) is 7.98. The van der Waals surface area contributed by atoms with E-state index >= 15 is 0 Å². The van der Waals surface area contributed by atoms with Gasteiger partial charge in [0.15, 0.2) is 0 Å². The van der Waals surface area contributed by atoms with E-state index in [1.165, 1.54) is 28.6 Å². The van der Waals surface area contributed by atoms with Crippen molar-refractivity contribution in [3.05, 3.63) is 76.0 Å².